The minimum atomic E-state index is 0. The van der Waals surface area contributed by atoms with Crippen molar-refractivity contribution in [3.8, 4) is 0 Å². The Morgan fingerprint density at radius 2 is 0.913 bits per heavy atom. The molecule has 0 saturated heterocycles. The Morgan fingerprint density at radius 3 is 1.35 bits per heavy atom. The fourth-order valence-electron chi connectivity index (χ4n) is 2.72. The van der Waals surface area contributed by atoms with Crippen LogP contribution in [0.1, 0.15) is 77.6 Å². The zero-order valence-electron chi connectivity index (χ0n) is 14.8. The van der Waals surface area contributed by atoms with Crippen molar-refractivity contribution in [2.24, 2.45) is 0 Å². The second-order valence-corrected chi connectivity index (χ2v) is 6.19. The van der Waals surface area contributed by atoms with Crippen LogP contribution in [0.5, 0.6) is 0 Å². The summed E-state index contributed by atoms with van der Waals surface area (Å²) in [5.41, 5.74) is 0. The van der Waals surface area contributed by atoms with E-state index in [-0.39, 0.29) is 17.1 Å². The predicted molar refractivity (Wildman–Crippen MR) is 98.4 cm³/mol. The standard InChI is InChI=1S/C17H29.C5H5.Fe/c1-2-3-4-5-6-7-8-9-10-11-14-17-15-12-13-16-17;1-2-4-5-3-1;/h12-13,15-16H,2-11,14H2,1H3;1-5H;/q;;+2. The number of rotatable bonds is 11. The fourth-order valence-corrected chi connectivity index (χ4v) is 2.72. The number of hydrogen-bond donors (Lipinski definition) is 0. The first-order chi connectivity index (χ1) is 10.9. The zero-order chi connectivity index (χ0) is 15.7. The van der Waals surface area contributed by atoms with Crippen molar-refractivity contribution >= 4 is 0 Å². The molecule has 0 aromatic carbocycles. The second-order valence-electron chi connectivity index (χ2n) is 6.19. The van der Waals surface area contributed by atoms with Gasteiger partial charge < -0.3 is 0 Å². The van der Waals surface area contributed by atoms with Crippen LogP contribution in [0.15, 0.2) is 0 Å². The molecular weight excluding hydrogens is 320 g/mol. The van der Waals surface area contributed by atoms with Gasteiger partial charge in [-0.25, -0.2) is 0 Å². The largest absolute Gasteiger partial charge is 2.00 e. The maximum atomic E-state index is 2.28. The van der Waals surface area contributed by atoms with E-state index in [4.69, 9.17) is 0 Å². The van der Waals surface area contributed by atoms with E-state index in [0.717, 1.165) is 0 Å². The minimum Gasteiger partial charge on any atom is -0.0654 e. The average Bonchev–Trinajstić information content (AvgIpc) is 3.25. The van der Waals surface area contributed by atoms with Gasteiger partial charge in [0.15, 0.2) is 0 Å². The van der Waals surface area contributed by atoms with E-state index >= 15 is 0 Å². The summed E-state index contributed by atoms with van der Waals surface area (Å²) >= 11 is 0. The van der Waals surface area contributed by atoms with Gasteiger partial charge in [-0.05, 0) is 70.1 Å². The van der Waals surface area contributed by atoms with Crippen molar-refractivity contribution in [1.29, 1.82) is 0 Å². The first-order valence-electron chi connectivity index (χ1n) is 9.30. The topological polar surface area (TPSA) is 0 Å². The molecule has 0 aliphatic heterocycles. The van der Waals surface area contributed by atoms with E-state index in [1.165, 1.54) is 76.5 Å². The SMILES string of the molecule is CCCCCCCCCCCC[C]1[CH][CH][CH][CH]1.[CH]1[CH][CH][CH][CH]1.[Fe+2]. The van der Waals surface area contributed by atoms with E-state index in [9.17, 15) is 0 Å². The van der Waals surface area contributed by atoms with Crippen LogP contribution < -0.4 is 0 Å². The van der Waals surface area contributed by atoms with Crippen LogP contribution in [-0.4, -0.2) is 0 Å². The van der Waals surface area contributed by atoms with Crippen LogP contribution in [0.4, 0.5) is 0 Å². The fraction of sp³-hybridized carbons (Fsp3) is 0.545. The number of unbranched alkanes of at least 4 members (excludes halogenated alkanes) is 9. The monoisotopic (exact) mass is 354 g/mol. The summed E-state index contributed by atoms with van der Waals surface area (Å²) in [4.78, 5) is 0. The quantitative estimate of drug-likeness (QED) is 0.285. The van der Waals surface area contributed by atoms with Crippen molar-refractivity contribution in [2.45, 2.75) is 77.6 Å². The summed E-state index contributed by atoms with van der Waals surface area (Å²) in [5, 5.41) is 0. The molecule has 0 unspecified atom stereocenters. The molecular formula is C22H34Fe+2. The summed E-state index contributed by atoms with van der Waals surface area (Å²) in [5.74, 6) is 1.52. The molecule has 0 N–H and O–H groups in total. The summed E-state index contributed by atoms with van der Waals surface area (Å²) < 4.78 is 0. The molecule has 2 aliphatic rings. The molecule has 1 heteroatoms. The molecule has 0 heterocycles. The third-order valence-electron chi connectivity index (χ3n) is 4.11. The molecule has 0 aromatic rings. The molecule has 128 valence electrons. The van der Waals surface area contributed by atoms with Gasteiger partial charge in [-0.1, -0.05) is 71.1 Å². The van der Waals surface area contributed by atoms with E-state index in [0.29, 0.717) is 0 Å². The molecule has 2 rings (SSSR count). The average molecular weight is 354 g/mol. The Balaban J connectivity index is 0.000000684. The third kappa shape index (κ3) is 15.8. The van der Waals surface area contributed by atoms with Crippen LogP contribution in [-0.2, 0) is 17.1 Å². The van der Waals surface area contributed by atoms with E-state index in [2.05, 4.69) is 32.6 Å². The van der Waals surface area contributed by atoms with Gasteiger partial charge in [0.25, 0.3) is 0 Å². The third-order valence-corrected chi connectivity index (χ3v) is 4.11. The Labute approximate surface area is 158 Å². The molecule has 2 fully saturated rings. The summed E-state index contributed by atoms with van der Waals surface area (Å²) in [7, 11) is 0. The van der Waals surface area contributed by atoms with Crippen LogP contribution in [0.3, 0.4) is 0 Å². The summed E-state index contributed by atoms with van der Waals surface area (Å²) in [6.07, 6.45) is 34.4. The molecule has 0 aromatic heterocycles. The van der Waals surface area contributed by atoms with Crippen molar-refractivity contribution in [1.82, 2.24) is 0 Å². The smallest absolute Gasteiger partial charge is 0.0654 e. The summed E-state index contributed by atoms with van der Waals surface area (Å²) in [6.45, 7) is 2.28. The van der Waals surface area contributed by atoms with Crippen molar-refractivity contribution in [2.75, 3.05) is 0 Å². The van der Waals surface area contributed by atoms with Crippen molar-refractivity contribution in [3.63, 3.8) is 0 Å². The summed E-state index contributed by atoms with van der Waals surface area (Å²) in [6, 6.07) is 0. The van der Waals surface area contributed by atoms with Gasteiger partial charge in [-0.15, -0.1) is 0 Å². The molecule has 0 amide bonds. The van der Waals surface area contributed by atoms with Gasteiger partial charge in [0.2, 0.25) is 0 Å². The Morgan fingerprint density at radius 1 is 0.522 bits per heavy atom. The molecule has 10 radical (unpaired) electrons. The molecule has 0 nitrogen and oxygen atoms in total. The van der Waals surface area contributed by atoms with E-state index in [1.54, 1.807) is 0 Å². The Hall–Kier alpha value is 0.519. The molecule has 2 saturated carbocycles. The predicted octanol–water partition coefficient (Wildman–Crippen LogP) is 6.72. The van der Waals surface area contributed by atoms with Crippen LogP contribution in [0.2, 0.25) is 0 Å². The maximum Gasteiger partial charge on any atom is 2.00 e. The second kappa shape index (κ2) is 18.9. The van der Waals surface area contributed by atoms with E-state index < -0.39 is 0 Å². The van der Waals surface area contributed by atoms with Crippen molar-refractivity contribution < 1.29 is 17.1 Å². The first kappa shape index (κ1) is 23.5. The first-order valence-corrected chi connectivity index (χ1v) is 9.30. The van der Waals surface area contributed by atoms with Gasteiger partial charge in [0.1, 0.15) is 0 Å². The molecule has 0 atom stereocenters. The number of hydrogen-bond acceptors (Lipinski definition) is 0. The van der Waals surface area contributed by atoms with Crippen LogP contribution in [0, 0.1) is 63.7 Å². The minimum absolute atomic E-state index is 0. The normalized spacial score (nSPS) is 17.6. The molecule has 23 heavy (non-hydrogen) atoms. The van der Waals surface area contributed by atoms with Crippen LogP contribution in [0.25, 0.3) is 0 Å². The van der Waals surface area contributed by atoms with Gasteiger partial charge in [-0.2, -0.15) is 0 Å². The van der Waals surface area contributed by atoms with Crippen LogP contribution >= 0.6 is 0 Å². The van der Waals surface area contributed by atoms with Gasteiger partial charge in [0.05, 0.1) is 0 Å². The molecule has 0 spiro atoms. The van der Waals surface area contributed by atoms with Crippen molar-refractivity contribution in [3.05, 3.63) is 63.7 Å². The maximum absolute atomic E-state index is 2.28. The molecule has 0 bridgehead atoms. The molecule has 2 aliphatic carbocycles. The van der Waals surface area contributed by atoms with Gasteiger partial charge >= 0.3 is 17.1 Å². The van der Waals surface area contributed by atoms with Gasteiger partial charge in [-0.3, -0.25) is 0 Å². The Kier molecular flexibility index (Phi) is 19.3. The Bertz CT molecular complexity index is 196. The zero-order valence-corrected chi connectivity index (χ0v) is 15.9. The van der Waals surface area contributed by atoms with E-state index in [1.807, 2.05) is 32.1 Å². The van der Waals surface area contributed by atoms with Gasteiger partial charge in [0, 0.05) is 0 Å².